The number of ether oxygens (including phenoxy) is 1. The van der Waals surface area contributed by atoms with Crippen LogP contribution in [0.3, 0.4) is 0 Å². The Bertz CT molecular complexity index is 493. The molecule has 4 nitrogen and oxygen atoms in total. The molecule has 0 aliphatic heterocycles. The molecule has 0 heterocycles. The fourth-order valence-corrected chi connectivity index (χ4v) is 3.00. The highest BCUT2D eigenvalue weighted by atomic mass is 35.5. The lowest BCUT2D eigenvalue weighted by molar-refractivity contribution is -0.120. The lowest BCUT2D eigenvalue weighted by atomic mass is 9.95. The van der Waals surface area contributed by atoms with Gasteiger partial charge in [-0.15, -0.1) is 0 Å². The van der Waals surface area contributed by atoms with Gasteiger partial charge in [-0.05, 0) is 49.9 Å². The summed E-state index contributed by atoms with van der Waals surface area (Å²) in [6.07, 6.45) is 3.91. The van der Waals surface area contributed by atoms with E-state index < -0.39 is 0 Å². The molecule has 2 atom stereocenters. The van der Waals surface area contributed by atoms with Crippen molar-refractivity contribution in [3.63, 3.8) is 0 Å². The predicted octanol–water partition coefficient (Wildman–Crippen LogP) is 3.44. The highest BCUT2D eigenvalue weighted by Crippen LogP contribution is 2.34. The van der Waals surface area contributed by atoms with Gasteiger partial charge in [0.25, 0.3) is 0 Å². The molecule has 0 unspecified atom stereocenters. The third-order valence-electron chi connectivity index (χ3n) is 3.96. The molecule has 2 rings (SSSR count). The Morgan fingerprint density at radius 1 is 1.48 bits per heavy atom. The van der Waals surface area contributed by atoms with Crippen molar-refractivity contribution in [2.75, 3.05) is 18.5 Å². The standard InChI is InChI=1S/C16H23ClN2O2/c1-2-8-21-15-7-6-12(17)9-14(15)19-16(20)13-5-3-4-11(13)10-18/h6-7,9,11,13H,2-5,8,10,18H2,1H3,(H,19,20)/t11-,13-/m1/s1. The summed E-state index contributed by atoms with van der Waals surface area (Å²) in [7, 11) is 0. The van der Waals surface area contributed by atoms with Crippen molar-refractivity contribution in [1.29, 1.82) is 0 Å². The lowest BCUT2D eigenvalue weighted by Crippen LogP contribution is -2.29. The first-order valence-electron chi connectivity index (χ1n) is 7.59. The summed E-state index contributed by atoms with van der Waals surface area (Å²) in [6, 6.07) is 5.29. The molecular weight excluding hydrogens is 288 g/mol. The molecule has 1 fully saturated rings. The number of amides is 1. The molecule has 1 aromatic carbocycles. The second kappa shape index (κ2) is 7.66. The number of rotatable bonds is 6. The quantitative estimate of drug-likeness (QED) is 0.846. The summed E-state index contributed by atoms with van der Waals surface area (Å²) >= 11 is 6.02. The molecule has 0 bridgehead atoms. The topological polar surface area (TPSA) is 64.3 Å². The van der Waals surface area contributed by atoms with E-state index in [1.807, 2.05) is 6.92 Å². The maximum atomic E-state index is 12.5. The molecular formula is C16H23ClN2O2. The number of hydrogen-bond acceptors (Lipinski definition) is 3. The van der Waals surface area contributed by atoms with E-state index in [2.05, 4.69) is 5.32 Å². The van der Waals surface area contributed by atoms with Gasteiger partial charge < -0.3 is 15.8 Å². The Kier molecular flexibility index (Phi) is 5.88. The molecule has 1 amide bonds. The fraction of sp³-hybridized carbons (Fsp3) is 0.562. The summed E-state index contributed by atoms with van der Waals surface area (Å²) in [5.41, 5.74) is 6.39. The Morgan fingerprint density at radius 3 is 3.00 bits per heavy atom. The SMILES string of the molecule is CCCOc1ccc(Cl)cc1NC(=O)[C@@H]1CCC[C@@H]1CN. The van der Waals surface area contributed by atoms with E-state index >= 15 is 0 Å². The van der Waals surface area contributed by atoms with Gasteiger partial charge >= 0.3 is 0 Å². The van der Waals surface area contributed by atoms with Crippen LogP contribution in [0.15, 0.2) is 18.2 Å². The monoisotopic (exact) mass is 310 g/mol. The lowest BCUT2D eigenvalue weighted by Gasteiger charge is -2.19. The Hall–Kier alpha value is -1.26. The third kappa shape index (κ3) is 4.11. The van der Waals surface area contributed by atoms with Crippen molar-refractivity contribution in [1.82, 2.24) is 0 Å². The van der Waals surface area contributed by atoms with Gasteiger partial charge in [-0.25, -0.2) is 0 Å². The summed E-state index contributed by atoms with van der Waals surface area (Å²) in [6.45, 7) is 3.21. The number of nitrogens with two attached hydrogens (primary N) is 1. The zero-order chi connectivity index (χ0) is 15.2. The maximum absolute atomic E-state index is 12.5. The largest absolute Gasteiger partial charge is 0.491 e. The van der Waals surface area contributed by atoms with Crippen molar-refractivity contribution in [3.05, 3.63) is 23.2 Å². The van der Waals surface area contributed by atoms with Crippen LogP contribution in [-0.2, 0) is 4.79 Å². The van der Waals surface area contributed by atoms with Crippen molar-refractivity contribution in [2.24, 2.45) is 17.6 Å². The van der Waals surface area contributed by atoms with Crippen LogP contribution in [0.25, 0.3) is 0 Å². The molecule has 0 aromatic heterocycles. The van der Waals surface area contributed by atoms with Crippen LogP contribution < -0.4 is 15.8 Å². The third-order valence-corrected chi connectivity index (χ3v) is 4.19. The smallest absolute Gasteiger partial charge is 0.227 e. The van der Waals surface area contributed by atoms with Gasteiger partial charge in [-0.2, -0.15) is 0 Å². The van der Waals surface area contributed by atoms with Crippen LogP contribution in [0.4, 0.5) is 5.69 Å². The van der Waals surface area contributed by atoms with E-state index in [1.54, 1.807) is 18.2 Å². The van der Waals surface area contributed by atoms with Gasteiger partial charge in [-0.3, -0.25) is 4.79 Å². The number of carbonyl (C=O) groups is 1. The van der Waals surface area contributed by atoms with E-state index in [9.17, 15) is 4.79 Å². The van der Waals surface area contributed by atoms with E-state index in [4.69, 9.17) is 22.1 Å². The average Bonchev–Trinajstić information content (AvgIpc) is 2.95. The minimum atomic E-state index is -0.00648. The van der Waals surface area contributed by atoms with Crippen LogP contribution in [-0.4, -0.2) is 19.1 Å². The summed E-state index contributed by atoms with van der Waals surface area (Å²) in [4.78, 5) is 12.5. The van der Waals surface area contributed by atoms with E-state index in [1.165, 1.54) is 0 Å². The minimum Gasteiger partial charge on any atom is -0.491 e. The van der Waals surface area contributed by atoms with Crippen molar-refractivity contribution >= 4 is 23.2 Å². The van der Waals surface area contributed by atoms with E-state index in [-0.39, 0.29) is 17.7 Å². The van der Waals surface area contributed by atoms with Gasteiger partial charge in [0.1, 0.15) is 5.75 Å². The first kappa shape index (κ1) is 16.1. The van der Waals surface area contributed by atoms with Crippen molar-refractivity contribution in [3.8, 4) is 5.75 Å². The first-order valence-corrected chi connectivity index (χ1v) is 7.96. The molecule has 0 radical (unpaired) electrons. The van der Waals surface area contributed by atoms with Crippen LogP contribution in [0.2, 0.25) is 5.02 Å². The Labute approximate surface area is 131 Å². The number of hydrogen-bond donors (Lipinski definition) is 2. The number of benzene rings is 1. The Balaban J connectivity index is 2.10. The molecule has 0 saturated heterocycles. The molecule has 1 aliphatic rings. The average molecular weight is 311 g/mol. The van der Waals surface area contributed by atoms with Gasteiger partial charge in [0.2, 0.25) is 5.91 Å². The molecule has 21 heavy (non-hydrogen) atoms. The maximum Gasteiger partial charge on any atom is 0.227 e. The molecule has 3 N–H and O–H groups in total. The number of anilines is 1. The number of carbonyl (C=O) groups excluding carboxylic acids is 1. The number of halogens is 1. The molecule has 1 aliphatic carbocycles. The van der Waals surface area contributed by atoms with Crippen LogP contribution in [0.5, 0.6) is 5.75 Å². The molecule has 5 heteroatoms. The zero-order valence-corrected chi connectivity index (χ0v) is 13.2. The van der Waals surface area contributed by atoms with Crippen LogP contribution in [0, 0.1) is 11.8 Å². The van der Waals surface area contributed by atoms with Gasteiger partial charge in [0, 0.05) is 10.9 Å². The highest BCUT2D eigenvalue weighted by molar-refractivity contribution is 6.31. The summed E-state index contributed by atoms with van der Waals surface area (Å²) < 4.78 is 5.66. The van der Waals surface area contributed by atoms with Crippen LogP contribution >= 0.6 is 11.6 Å². The van der Waals surface area contributed by atoms with Crippen molar-refractivity contribution < 1.29 is 9.53 Å². The highest BCUT2D eigenvalue weighted by Gasteiger charge is 2.32. The molecule has 1 saturated carbocycles. The molecule has 1 aromatic rings. The zero-order valence-electron chi connectivity index (χ0n) is 12.4. The van der Waals surface area contributed by atoms with Gasteiger partial charge in [0.15, 0.2) is 0 Å². The van der Waals surface area contributed by atoms with E-state index in [0.29, 0.717) is 29.6 Å². The molecule has 116 valence electrons. The van der Waals surface area contributed by atoms with Crippen LogP contribution in [0.1, 0.15) is 32.6 Å². The second-order valence-corrected chi connectivity index (χ2v) is 5.95. The van der Waals surface area contributed by atoms with Gasteiger partial charge in [-0.1, -0.05) is 24.9 Å². The fourth-order valence-electron chi connectivity index (χ4n) is 2.83. The Morgan fingerprint density at radius 2 is 2.29 bits per heavy atom. The molecule has 0 spiro atoms. The number of nitrogens with one attached hydrogen (secondary N) is 1. The predicted molar refractivity (Wildman–Crippen MR) is 85.8 cm³/mol. The van der Waals surface area contributed by atoms with E-state index in [0.717, 1.165) is 25.7 Å². The summed E-state index contributed by atoms with van der Waals surface area (Å²) in [5, 5.41) is 3.54. The summed E-state index contributed by atoms with van der Waals surface area (Å²) in [5.74, 6) is 0.959. The minimum absolute atomic E-state index is 0.00648. The first-order chi connectivity index (χ1) is 10.2. The second-order valence-electron chi connectivity index (χ2n) is 5.51. The van der Waals surface area contributed by atoms with Gasteiger partial charge in [0.05, 0.1) is 12.3 Å². The normalized spacial score (nSPS) is 21.3. The van der Waals surface area contributed by atoms with Crippen molar-refractivity contribution in [2.45, 2.75) is 32.6 Å².